The Morgan fingerprint density at radius 3 is 1.38 bits per heavy atom. The van der Waals surface area contributed by atoms with Gasteiger partial charge in [-0.2, -0.15) is 0 Å². The first-order chi connectivity index (χ1) is 19.6. The van der Waals surface area contributed by atoms with E-state index >= 15 is 0 Å². The van der Waals surface area contributed by atoms with Crippen molar-refractivity contribution < 1.29 is 0 Å². The molecule has 6 aromatic carbocycles. The van der Waals surface area contributed by atoms with E-state index in [9.17, 15) is 0 Å². The maximum absolute atomic E-state index is 2.46. The van der Waals surface area contributed by atoms with Crippen molar-refractivity contribution in [3.63, 3.8) is 0 Å². The van der Waals surface area contributed by atoms with Crippen molar-refractivity contribution >= 4 is 0 Å². The Balaban J connectivity index is 1.38. The molecule has 2 aliphatic rings. The average Bonchev–Trinajstić information content (AvgIpc) is 3.44. The maximum Gasteiger partial charge on any atom is 0.0713 e. The molecule has 0 radical (unpaired) electrons. The Morgan fingerprint density at radius 1 is 0.350 bits per heavy atom. The van der Waals surface area contributed by atoms with E-state index in [0.717, 1.165) is 0 Å². The standard InChI is InChI=1S/C40H30/c1-39(2)35-19-11-9-17-31(35)33-23-21-27(25-37(33)39)28-22-24-34-32-18-10-12-20-36(32)40(38(34)26-28,29-13-5-3-6-14-29)30-15-7-4-8-16-30/h3-26H,1-2H3. The Kier molecular flexibility index (Phi) is 4.88. The normalized spacial score (nSPS) is 15.2. The highest BCUT2D eigenvalue weighted by molar-refractivity contribution is 5.89. The van der Waals surface area contributed by atoms with E-state index in [2.05, 4.69) is 159 Å². The zero-order chi connectivity index (χ0) is 26.9. The highest BCUT2D eigenvalue weighted by Crippen LogP contribution is 2.57. The molecular formula is C40H30. The lowest BCUT2D eigenvalue weighted by atomic mass is 9.67. The van der Waals surface area contributed by atoms with Crippen LogP contribution in [0.25, 0.3) is 33.4 Å². The van der Waals surface area contributed by atoms with Crippen LogP contribution in [0.3, 0.4) is 0 Å². The molecule has 190 valence electrons. The fraction of sp³-hybridized carbons (Fsp3) is 0.100. The third-order valence-electron chi connectivity index (χ3n) is 9.38. The van der Waals surface area contributed by atoms with E-state index < -0.39 is 0 Å². The quantitative estimate of drug-likeness (QED) is 0.222. The Labute approximate surface area is 236 Å². The van der Waals surface area contributed by atoms with Crippen LogP contribution in [0.4, 0.5) is 0 Å². The molecule has 0 amide bonds. The molecule has 2 aliphatic carbocycles. The topological polar surface area (TPSA) is 0 Å². The van der Waals surface area contributed by atoms with E-state index in [-0.39, 0.29) is 10.8 Å². The summed E-state index contributed by atoms with van der Waals surface area (Å²) in [5, 5.41) is 0. The fourth-order valence-corrected chi connectivity index (χ4v) is 7.51. The third kappa shape index (κ3) is 3.02. The molecule has 0 fully saturated rings. The summed E-state index contributed by atoms with van der Waals surface area (Å²) < 4.78 is 0. The summed E-state index contributed by atoms with van der Waals surface area (Å²) in [5.74, 6) is 0. The van der Waals surface area contributed by atoms with Gasteiger partial charge in [-0.15, -0.1) is 0 Å². The molecule has 0 saturated heterocycles. The summed E-state index contributed by atoms with van der Waals surface area (Å²) in [5.41, 5.74) is 15.6. The first-order valence-corrected chi connectivity index (χ1v) is 14.2. The van der Waals surface area contributed by atoms with Crippen LogP contribution in [0.2, 0.25) is 0 Å². The summed E-state index contributed by atoms with van der Waals surface area (Å²) in [7, 11) is 0. The molecule has 6 aromatic rings. The van der Waals surface area contributed by atoms with Gasteiger partial charge >= 0.3 is 0 Å². The minimum atomic E-state index is -0.378. The number of rotatable bonds is 3. The first-order valence-electron chi connectivity index (χ1n) is 14.2. The van der Waals surface area contributed by atoms with Gasteiger partial charge in [0.15, 0.2) is 0 Å². The largest absolute Gasteiger partial charge is 0.0713 e. The molecule has 0 bridgehead atoms. The molecule has 0 heteroatoms. The molecule has 0 atom stereocenters. The van der Waals surface area contributed by atoms with Gasteiger partial charge in [0.1, 0.15) is 0 Å². The van der Waals surface area contributed by atoms with Crippen molar-refractivity contribution in [1.82, 2.24) is 0 Å². The van der Waals surface area contributed by atoms with Gasteiger partial charge in [0.25, 0.3) is 0 Å². The Morgan fingerprint density at radius 2 is 0.775 bits per heavy atom. The lowest BCUT2D eigenvalue weighted by Crippen LogP contribution is -2.28. The van der Waals surface area contributed by atoms with Gasteiger partial charge < -0.3 is 0 Å². The van der Waals surface area contributed by atoms with Gasteiger partial charge in [-0.25, -0.2) is 0 Å². The smallest absolute Gasteiger partial charge is 0.0622 e. The van der Waals surface area contributed by atoms with Crippen LogP contribution in [0.15, 0.2) is 146 Å². The van der Waals surface area contributed by atoms with Crippen LogP contribution in [-0.4, -0.2) is 0 Å². The molecule has 0 saturated carbocycles. The molecule has 8 rings (SSSR count). The zero-order valence-corrected chi connectivity index (χ0v) is 22.9. The van der Waals surface area contributed by atoms with E-state index in [1.54, 1.807) is 0 Å². The highest BCUT2D eigenvalue weighted by Gasteiger charge is 2.46. The van der Waals surface area contributed by atoms with E-state index in [1.165, 1.54) is 66.8 Å². The molecule has 0 unspecified atom stereocenters. The van der Waals surface area contributed by atoms with Crippen LogP contribution < -0.4 is 0 Å². The van der Waals surface area contributed by atoms with Gasteiger partial charge in [-0.1, -0.05) is 147 Å². The maximum atomic E-state index is 2.46. The molecule has 0 aliphatic heterocycles. The Hall–Kier alpha value is -4.68. The lowest BCUT2D eigenvalue weighted by Gasteiger charge is -2.34. The van der Waals surface area contributed by atoms with Gasteiger partial charge in [-0.05, 0) is 78.9 Å². The third-order valence-corrected chi connectivity index (χ3v) is 9.38. The summed E-state index contributed by atoms with van der Waals surface area (Å²) in [4.78, 5) is 0. The second-order valence-corrected chi connectivity index (χ2v) is 11.7. The van der Waals surface area contributed by atoms with Gasteiger partial charge in [0.2, 0.25) is 0 Å². The number of benzene rings is 6. The predicted octanol–water partition coefficient (Wildman–Crippen LogP) is 10.0. The second kappa shape index (κ2) is 8.41. The van der Waals surface area contributed by atoms with E-state index in [4.69, 9.17) is 0 Å². The summed E-state index contributed by atoms with van der Waals surface area (Å²) in [6, 6.07) is 54.1. The Bertz CT molecular complexity index is 1870. The second-order valence-electron chi connectivity index (χ2n) is 11.7. The van der Waals surface area contributed by atoms with Crippen LogP contribution in [0.1, 0.15) is 47.2 Å². The minimum Gasteiger partial charge on any atom is -0.0622 e. The summed E-state index contributed by atoms with van der Waals surface area (Å²) >= 11 is 0. The van der Waals surface area contributed by atoms with Crippen LogP contribution in [0, 0.1) is 0 Å². The highest BCUT2D eigenvalue weighted by atomic mass is 14.5. The molecule has 0 spiro atoms. The van der Waals surface area contributed by atoms with Crippen LogP contribution in [0.5, 0.6) is 0 Å². The zero-order valence-electron chi connectivity index (χ0n) is 22.9. The van der Waals surface area contributed by atoms with Crippen molar-refractivity contribution in [1.29, 1.82) is 0 Å². The van der Waals surface area contributed by atoms with Crippen molar-refractivity contribution in [2.24, 2.45) is 0 Å². The van der Waals surface area contributed by atoms with Gasteiger partial charge in [-0.3, -0.25) is 0 Å². The predicted molar refractivity (Wildman–Crippen MR) is 167 cm³/mol. The van der Waals surface area contributed by atoms with Crippen molar-refractivity contribution in [2.45, 2.75) is 24.7 Å². The van der Waals surface area contributed by atoms with E-state index in [0.29, 0.717) is 0 Å². The number of fused-ring (bicyclic) bond motifs is 6. The fourth-order valence-electron chi connectivity index (χ4n) is 7.51. The summed E-state index contributed by atoms with van der Waals surface area (Å²) in [6.07, 6.45) is 0. The molecule has 0 heterocycles. The minimum absolute atomic E-state index is 0.0211. The molecule has 0 N–H and O–H groups in total. The average molecular weight is 511 g/mol. The van der Waals surface area contributed by atoms with Crippen LogP contribution >= 0.6 is 0 Å². The van der Waals surface area contributed by atoms with Gasteiger partial charge in [0.05, 0.1) is 5.41 Å². The SMILES string of the molecule is CC1(C)c2ccccc2-c2ccc(-c3ccc4c(c3)C(c3ccccc3)(c3ccccc3)c3ccccc3-4)cc21. The molecule has 0 nitrogen and oxygen atoms in total. The van der Waals surface area contributed by atoms with Crippen LogP contribution in [-0.2, 0) is 10.8 Å². The van der Waals surface area contributed by atoms with Crippen molar-refractivity contribution in [3.05, 3.63) is 179 Å². The molecule has 0 aromatic heterocycles. The number of hydrogen-bond acceptors (Lipinski definition) is 0. The summed E-state index contributed by atoms with van der Waals surface area (Å²) in [6.45, 7) is 4.72. The van der Waals surface area contributed by atoms with Gasteiger partial charge in [0, 0.05) is 5.41 Å². The van der Waals surface area contributed by atoms with E-state index in [1.807, 2.05) is 0 Å². The number of hydrogen-bond donors (Lipinski definition) is 0. The van der Waals surface area contributed by atoms with Crippen molar-refractivity contribution in [2.75, 3.05) is 0 Å². The molecular weight excluding hydrogens is 480 g/mol. The lowest BCUT2D eigenvalue weighted by molar-refractivity contribution is 0.660. The monoisotopic (exact) mass is 510 g/mol. The first kappa shape index (κ1) is 23.2. The van der Waals surface area contributed by atoms with Crippen molar-refractivity contribution in [3.8, 4) is 33.4 Å². The molecule has 40 heavy (non-hydrogen) atoms.